The predicted molar refractivity (Wildman–Crippen MR) is 102 cm³/mol. The van der Waals surface area contributed by atoms with Gasteiger partial charge in [0.25, 0.3) is 0 Å². The highest BCUT2D eigenvalue weighted by atomic mass is 32.2. The second kappa shape index (κ2) is 7.60. The molecule has 3 rings (SSSR count). The van der Waals surface area contributed by atoms with Crippen molar-refractivity contribution >= 4 is 23.4 Å². The van der Waals surface area contributed by atoms with E-state index in [-0.39, 0.29) is 5.91 Å². The van der Waals surface area contributed by atoms with Gasteiger partial charge in [0, 0.05) is 17.6 Å². The third-order valence-electron chi connectivity index (χ3n) is 4.46. The Morgan fingerprint density at radius 1 is 1.36 bits per heavy atom. The van der Waals surface area contributed by atoms with Gasteiger partial charge in [0.05, 0.1) is 5.75 Å². The largest absolute Gasteiger partial charge is 0.325 e. The summed E-state index contributed by atoms with van der Waals surface area (Å²) >= 11 is 1.48. The number of aryl methyl sites for hydroxylation is 2. The van der Waals surface area contributed by atoms with E-state index in [0.717, 1.165) is 28.7 Å². The first-order valence-corrected chi connectivity index (χ1v) is 9.95. The monoisotopic (exact) mass is 358 g/mol. The summed E-state index contributed by atoms with van der Waals surface area (Å²) in [5.41, 5.74) is 3.21. The molecule has 0 unspecified atom stereocenters. The summed E-state index contributed by atoms with van der Waals surface area (Å²) in [5, 5.41) is 12.6. The van der Waals surface area contributed by atoms with Crippen molar-refractivity contribution in [1.29, 1.82) is 0 Å². The Kier molecular flexibility index (Phi) is 5.47. The van der Waals surface area contributed by atoms with E-state index >= 15 is 0 Å². The highest BCUT2D eigenvalue weighted by Gasteiger charge is 2.30. The standard InChI is InChI=1S/C19H26N4OS/c1-5-14-8-6-7-13(4)17(14)20-16(24)11-25-19-22-21-18(12(2)3)23(19)15-9-10-15/h6-8,12,15H,5,9-11H2,1-4H3,(H,20,24). The number of nitrogens with one attached hydrogen (secondary N) is 1. The number of para-hydroxylation sites is 1. The molecule has 0 saturated heterocycles. The number of hydrogen-bond acceptors (Lipinski definition) is 4. The van der Waals surface area contributed by atoms with E-state index < -0.39 is 0 Å². The molecule has 1 aliphatic carbocycles. The molecule has 0 atom stereocenters. The lowest BCUT2D eigenvalue weighted by Gasteiger charge is -2.13. The van der Waals surface area contributed by atoms with Gasteiger partial charge in [-0.05, 0) is 37.3 Å². The Bertz CT molecular complexity index is 765. The molecule has 1 heterocycles. The molecule has 1 N–H and O–H groups in total. The number of amides is 1. The number of anilines is 1. The Morgan fingerprint density at radius 2 is 2.12 bits per heavy atom. The molecule has 1 aliphatic rings. The van der Waals surface area contributed by atoms with Gasteiger partial charge in [-0.25, -0.2) is 0 Å². The molecular weight excluding hydrogens is 332 g/mol. The smallest absolute Gasteiger partial charge is 0.234 e. The number of thioether (sulfide) groups is 1. The average molecular weight is 359 g/mol. The van der Waals surface area contributed by atoms with Crippen LogP contribution < -0.4 is 5.32 Å². The number of hydrogen-bond donors (Lipinski definition) is 1. The van der Waals surface area contributed by atoms with Crippen LogP contribution in [0.3, 0.4) is 0 Å². The van der Waals surface area contributed by atoms with Crippen molar-refractivity contribution in [3.8, 4) is 0 Å². The van der Waals surface area contributed by atoms with Crippen LogP contribution in [0.1, 0.15) is 62.5 Å². The maximum atomic E-state index is 12.5. The lowest BCUT2D eigenvalue weighted by Crippen LogP contribution is -2.16. The number of benzene rings is 1. The summed E-state index contributed by atoms with van der Waals surface area (Å²) in [4.78, 5) is 12.5. The Balaban J connectivity index is 1.68. The van der Waals surface area contributed by atoms with Gasteiger partial charge >= 0.3 is 0 Å². The zero-order valence-corrected chi connectivity index (χ0v) is 16.2. The molecule has 0 spiro atoms. The normalized spacial score (nSPS) is 14.1. The lowest BCUT2D eigenvalue weighted by molar-refractivity contribution is -0.113. The van der Waals surface area contributed by atoms with Gasteiger partial charge in [-0.15, -0.1) is 10.2 Å². The van der Waals surface area contributed by atoms with E-state index in [4.69, 9.17) is 0 Å². The van der Waals surface area contributed by atoms with Crippen LogP contribution in [0.2, 0.25) is 0 Å². The minimum atomic E-state index is 0.00504. The van der Waals surface area contributed by atoms with Crippen LogP contribution in [0.15, 0.2) is 23.4 Å². The van der Waals surface area contributed by atoms with Crippen molar-refractivity contribution < 1.29 is 4.79 Å². The Hall–Kier alpha value is -1.82. The molecule has 1 saturated carbocycles. The van der Waals surface area contributed by atoms with Crippen molar-refractivity contribution in [3.63, 3.8) is 0 Å². The van der Waals surface area contributed by atoms with Crippen LogP contribution in [0.4, 0.5) is 5.69 Å². The molecule has 0 radical (unpaired) electrons. The van der Waals surface area contributed by atoms with Crippen LogP contribution in [-0.4, -0.2) is 26.4 Å². The summed E-state index contributed by atoms with van der Waals surface area (Å²) in [6, 6.07) is 6.64. The second-order valence-electron chi connectivity index (χ2n) is 6.90. The van der Waals surface area contributed by atoms with Crippen molar-refractivity contribution in [2.75, 3.05) is 11.1 Å². The van der Waals surface area contributed by atoms with Crippen LogP contribution in [0.25, 0.3) is 0 Å². The maximum Gasteiger partial charge on any atom is 0.234 e. The van der Waals surface area contributed by atoms with Crippen LogP contribution in [0, 0.1) is 6.92 Å². The Labute approximate surface area is 153 Å². The first kappa shape index (κ1) is 18.0. The summed E-state index contributed by atoms with van der Waals surface area (Å²) in [6.45, 7) is 8.40. The zero-order chi connectivity index (χ0) is 18.0. The second-order valence-corrected chi connectivity index (χ2v) is 7.84. The molecule has 1 aromatic heterocycles. The summed E-state index contributed by atoms with van der Waals surface area (Å²) in [7, 11) is 0. The predicted octanol–water partition coefficient (Wildman–Crippen LogP) is 4.34. The van der Waals surface area contributed by atoms with Crippen molar-refractivity contribution in [1.82, 2.24) is 14.8 Å². The van der Waals surface area contributed by atoms with E-state index in [9.17, 15) is 4.79 Å². The molecule has 1 amide bonds. The highest BCUT2D eigenvalue weighted by molar-refractivity contribution is 7.99. The summed E-state index contributed by atoms with van der Waals surface area (Å²) in [6.07, 6.45) is 3.26. The van der Waals surface area contributed by atoms with Gasteiger partial charge in [-0.3, -0.25) is 4.79 Å². The third-order valence-corrected chi connectivity index (χ3v) is 5.40. The van der Waals surface area contributed by atoms with Crippen LogP contribution in [0.5, 0.6) is 0 Å². The van der Waals surface area contributed by atoms with Gasteiger partial charge in [-0.2, -0.15) is 0 Å². The quantitative estimate of drug-likeness (QED) is 0.748. The zero-order valence-electron chi connectivity index (χ0n) is 15.4. The van der Waals surface area contributed by atoms with Gasteiger partial charge in [0.1, 0.15) is 5.82 Å². The SMILES string of the molecule is CCc1cccc(C)c1NC(=O)CSc1nnc(C(C)C)n1C1CC1. The topological polar surface area (TPSA) is 59.8 Å². The average Bonchev–Trinajstić information content (AvgIpc) is 3.33. The van der Waals surface area contributed by atoms with Gasteiger partial charge < -0.3 is 9.88 Å². The Morgan fingerprint density at radius 3 is 2.76 bits per heavy atom. The molecule has 0 bridgehead atoms. The van der Waals surface area contributed by atoms with Gasteiger partial charge in [0.2, 0.25) is 5.91 Å². The molecule has 1 fully saturated rings. The maximum absolute atomic E-state index is 12.5. The molecule has 0 aliphatic heterocycles. The summed E-state index contributed by atoms with van der Waals surface area (Å²) < 4.78 is 2.23. The fourth-order valence-electron chi connectivity index (χ4n) is 2.96. The van der Waals surface area contributed by atoms with Crippen molar-refractivity contribution in [3.05, 3.63) is 35.2 Å². The highest BCUT2D eigenvalue weighted by Crippen LogP contribution is 2.40. The number of aromatic nitrogens is 3. The molecule has 25 heavy (non-hydrogen) atoms. The fraction of sp³-hybridized carbons (Fsp3) is 0.526. The van der Waals surface area contributed by atoms with Crippen LogP contribution in [-0.2, 0) is 11.2 Å². The first-order chi connectivity index (χ1) is 12.0. The molecular formula is C19H26N4OS. The lowest BCUT2D eigenvalue weighted by atomic mass is 10.1. The number of nitrogens with zero attached hydrogens (tertiary/aromatic N) is 3. The fourth-order valence-corrected chi connectivity index (χ4v) is 3.78. The minimum absolute atomic E-state index is 0.00504. The van der Waals surface area contributed by atoms with Gasteiger partial charge in [-0.1, -0.05) is 50.7 Å². The minimum Gasteiger partial charge on any atom is -0.325 e. The van der Waals surface area contributed by atoms with E-state index in [1.807, 2.05) is 19.1 Å². The third kappa shape index (κ3) is 4.06. The molecule has 1 aromatic carbocycles. The van der Waals surface area contributed by atoms with Crippen molar-refractivity contribution in [2.24, 2.45) is 0 Å². The van der Waals surface area contributed by atoms with Gasteiger partial charge in [0.15, 0.2) is 5.16 Å². The molecule has 5 nitrogen and oxygen atoms in total. The van der Waals surface area contributed by atoms with E-state index in [0.29, 0.717) is 17.7 Å². The number of carbonyl (C=O) groups excluding carboxylic acids is 1. The van der Waals surface area contributed by atoms with Crippen molar-refractivity contribution in [2.45, 2.75) is 64.1 Å². The first-order valence-electron chi connectivity index (χ1n) is 8.97. The van der Waals surface area contributed by atoms with E-state index in [2.05, 4.69) is 46.9 Å². The number of rotatable bonds is 7. The molecule has 2 aromatic rings. The summed E-state index contributed by atoms with van der Waals surface area (Å²) in [5.74, 6) is 1.72. The van der Waals surface area contributed by atoms with Crippen LogP contribution >= 0.6 is 11.8 Å². The van der Waals surface area contributed by atoms with E-state index in [1.165, 1.54) is 30.2 Å². The molecule has 134 valence electrons. The molecule has 6 heteroatoms. The number of carbonyl (C=O) groups is 1. The van der Waals surface area contributed by atoms with E-state index in [1.54, 1.807) is 0 Å².